The molecule has 3 fully saturated rings. The van der Waals surface area contributed by atoms with Crippen molar-refractivity contribution in [2.75, 3.05) is 122 Å². The van der Waals surface area contributed by atoms with E-state index in [9.17, 15) is 19.2 Å². The highest BCUT2D eigenvalue weighted by atomic mass is 35.5. The van der Waals surface area contributed by atoms with Gasteiger partial charge in [-0.05, 0) is 154 Å². The Morgan fingerprint density at radius 2 is 1.38 bits per heavy atom. The number of ether oxygens (including phenoxy) is 6. The number of carbonyl (C=O) groups is 4. The first-order valence-electron chi connectivity index (χ1n) is 29.4. The molecule has 2 aliphatic carbocycles. The molecule has 3 amide bonds. The molecule has 2 saturated heterocycles. The van der Waals surface area contributed by atoms with Crippen LogP contribution in [0.4, 0.5) is 11.4 Å². The Morgan fingerprint density at radius 3 is 2.02 bits per heavy atom. The number of anilines is 2. The van der Waals surface area contributed by atoms with E-state index in [1.54, 1.807) is 0 Å². The summed E-state index contributed by atoms with van der Waals surface area (Å²) in [6, 6.07) is 26.8. The number of piperidine rings is 1. The van der Waals surface area contributed by atoms with Crippen molar-refractivity contribution in [1.82, 2.24) is 15.1 Å². The Kier molecular flexibility index (Phi) is 21.6. The van der Waals surface area contributed by atoms with E-state index in [1.807, 2.05) is 55.1 Å². The predicted octanol–water partition coefficient (Wildman–Crippen LogP) is 8.85. The summed E-state index contributed by atoms with van der Waals surface area (Å²) < 4.78 is 35.0. The van der Waals surface area contributed by atoms with E-state index in [4.69, 9.17) is 40.0 Å². The van der Waals surface area contributed by atoms with Gasteiger partial charge in [0.15, 0.2) is 5.78 Å². The number of hydrogen-bond acceptors (Lipinski definition) is 13. The van der Waals surface area contributed by atoms with Crippen molar-refractivity contribution < 1.29 is 47.6 Å². The number of fused-ring (bicyclic) bond motifs is 2. The second-order valence-electron chi connectivity index (χ2n) is 22.7. The topological polar surface area (TPSA) is 149 Å². The first-order chi connectivity index (χ1) is 38.9. The van der Waals surface area contributed by atoms with Crippen LogP contribution in [0.1, 0.15) is 109 Å². The molecule has 432 valence electrons. The van der Waals surface area contributed by atoms with Crippen LogP contribution in [0, 0.1) is 24.7 Å². The molecule has 9 rings (SSSR count). The van der Waals surface area contributed by atoms with Crippen molar-refractivity contribution in [1.29, 1.82) is 0 Å². The number of nitrogens with one attached hydrogen (secondary N) is 1. The van der Waals surface area contributed by atoms with Gasteiger partial charge in [-0.3, -0.25) is 34.3 Å². The molecule has 0 aromatic heterocycles. The summed E-state index contributed by atoms with van der Waals surface area (Å²) in [5, 5.41) is 3.07. The fraction of sp³-hybridized carbons (Fsp3) is 0.562. The van der Waals surface area contributed by atoms with Gasteiger partial charge in [0.25, 0.3) is 0 Å². The summed E-state index contributed by atoms with van der Waals surface area (Å²) in [5.41, 5.74) is 9.09. The molecule has 1 N–H and O–H groups in total. The van der Waals surface area contributed by atoms with Crippen LogP contribution in [-0.2, 0) is 57.3 Å². The molecule has 2 unspecified atom stereocenters. The smallest absolute Gasteiger partial charge is 0.232 e. The van der Waals surface area contributed by atoms with Crippen LogP contribution >= 0.6 is 11.6 Å². The Hall–Kier alpha value is -5.23. The number of piperazine rings is 1. The van der Waals surface area contributed by atoms with Crippen LogP contribution in [0.5, 0.6) is 5.75 Å². The van der Waals surface area contributed by atoms with Crippen LogP contribution in [-0.4, -0.2) is 158 Å². The van der Waals surface area contributed by atoms with Crippen LogP contribution in [0.2, 0.25) is 5.02 Å². The van der Waals surface area contributed by atoms with Gasteiger partial charge >= 0.3 is 0 Å². The van der Waals surface area contributed by atoms with E-state index in [-0.39, 0.29) is 42.1 Å². The summed E-state index contributed by atoms with van der Waals surface area (Å²) in [4.78, 5) is 60.9. The van der Waals surface area contributed by atoms with E-state index >= 15 is 0 Å². The average molecular weight is 1120 g/mol. The highest BCUT2D eigenvalue weighted by molar-refractivity contribution is 6.30. The molecular formula is C64H84ClN5O10. The minimum absolute atomic E-state index is 0.0149. The monoisotopic (exact) mass is 1120 g/mol. The summed E-state index contributed by atoms with van der Waals surface area (Å²) >= 11 is 6.35. The number of ketones is 1. The molecule has 80 heavy (non-hydrogen) atoms. The number of halogens is 1. The largest absolute Gasteiger partial charge is 0.491 e. The maximum atomic E-state index is 14.1. The lowest BCUT2D eigenvalue weighted by Gasteiger charge is -2.42. The zero-order chi connectivity index (χ0) is 56.0. The van der Waals surface area contributed by atoms with E-state index < -0.39 is 11.8 Å². The highest BCUT2D eigenvalue weighted by Crippen LogP contribution is 2.43. The number of benzene rings is 4. The molecule has 1 saturated carbocycles. The van der Waals surface area contributed by atoms with Crippen molar-refractivity contribution >= 4 is 46.5 Å². The SMILES string of the molecule is Cc1cc2c(cc1OC(C)C)[C@H](c1ccc(Cl)cc1)N(c1ccc(N(C)CC3CCC(N4CCN(CCOCCOCCOCCOCCOCCCc5cccc6c5CC(C5CCC(=O)NC5=O)C6=O)CC4)CC3)cc1)C(=O)C2. The maximum Gasteiger partial charge on any atom is 0.232 e. The third-order valence-electron chi connectivity index (χ3n) is 16.8. The molecule has 0 radical (unpaired) electrons. The summed E-state index contributed by atoms with van der Waals surface area (Å²) in [7, 11) is 2.20. The Bertz CT molecular complexity index is 2690. The van der Waals surface area contributed by atoms with Crippen molar-refractivity contribution in [3.05, 3.63) is 123 Å². The minimum Gasteiger partial charge on any atom is -0.491 e. The zero-order valence-corrected chi connectivity index (χ0v) is 48.4. The maximum absolute atomic E-state index is 14.1. The molecule has 3 atom stereocenters. The quantitative estimate of drug-likeness (QED) is 0.0427. The first-order valence-corrected chi connectivity index (χ1v) is 29.8. The van der Waals surface area contributed by atoms with E-state index in [1.165, 1.54) is 25.7 Å². The highest BCUT2D eigenvalue weighted by Gasteiger charge is 2.43. The van der Waals surface area contributed by atoms with Gasteiger partial charge in [-0.25, -0.2) is 0 Å². The molecule has 3 heterocycles. The first kappa shape index (κ1) is 59.4. The lowest BCUT2D eigenvalue weighted by Crippen LogP contribution is -2.51. The van der Waals surface area contributed by atoms with Gasteiger partial charge in [0.05, 0.1) is 78.0 Å². The van der Waals surface area contributed by atoms with Gasteiger partial charge in [0, 0.05) is 99.2 Å². The van der Waals surface area contributed by atoms with Crippen molar-refractivity contribution in [2.24, 2.45) is 17.8 Å². The summed E-state index contributed by atoms with van der Waals surface area (Å²) in [5.74, 6) is 0.166. The van der Waals surface area contributed by atoms with Gasteiger partial charge in [0.2, 0.25) is 17.7 Å². The molecule has 4 aromatic rings. The zero-order valence-electron chi connectivity index (χ0n) is 47.6. The summed E-state index contributed by atoms with van der Waals surface area (Å²) in [6.45, 7) is 17.9. The fourth-order valence-electron chi connectivity index (χ4n) is 12.6. The molecule has 3 aliphatic heterocycles. The Morgan fingerprint density at radius 1 is 0.725 bits per heavy atom. The standard InChI is InChI=1S/C64H84ClN5O10/c1-44(2)80-59-42-57-49(39-45(59)3)40-61(72)70(62(57)48-12-14-50(65)15-13-48)53-20-18-51(19-21-53)67(4)43-46-10-16-52(17-11-46)69-26-24-68(25-27-69)28-30-76-32-34-78-36-38-79-37-35-77-33-31-75-29-6-8-47-7-5-9-54-56(47)41-58(63(54)73)55-22-23-60(71)66-64(55)74/h5,7,9,12-15,18-21,39,42,44,46,52,55,58,62H,6,8,10-11,16-17,22-38,40-41,43H2,1-4H3,(H,66,71,74)/t46?,52?,55?,58?,62-/m0/s1. The van der Waals surface area contributed by atoms with Crippen LogP contribution < -0.4 is 19.9 Å². The third-order valence-corrected chi connectivity index (χ3v) is 17.1. The molecule has 4 aromatic carbocycles. The van der Waals surface area contributed by atoms with E-state index in [2.05, 4.69) is 76.5 Å². The fourth-order valence-corrected chi connectivity index (χ4v) is 12.7. The number of carbonyl (C=O) groups excluding carboxylic acids is 4. The lowest BCUT2D eigenvalue weighted by atomic mass is 9.82. The van der Waals surface area contributed by atoms with Gasteiger partial charge in [-0.15, -0.1) is 0 Å². The lowest BCUT2D eigenvalue weighted by molar-refractivity contribution is -0.137. The number of nitrogens with zero attached hydrogens (tertiary/aromatic N) is 4. The number of imide groups is 1. The number of hydrogen-bond donors (Lipinski definition) is 1. The van der Waals surface area contributed by atoms with Crippen molar-refractivity contribution in [2.45, 2.75) is 103 Å². The van der Waals surface area contributed by atoms with Gasteiger partial charge in [-0.2, -0.15) is 0 Å². The average Bonchev–Trinajstić information content (AvgIpc) is 3.90. The summed E-state index contributed by atoms with van der Waals surface area (Å²) in [6.07, 6.45) is 8.20. The second-order valence-corrected chi connectivity index (χ2v) is 23.1. The molecule has 0 bridgehead atoms. The molecular weight excluding hydrogens is 1030 g/mol. The van der Waals surface area contributed by atoms with Gasteiger partial charge in [-0.1, -0.05) is 48.0 Å². The molecule has 0 spiro atoms. The number of Topliss-reactive ketones (excluding diaryl/α,β-unsaturated/α-hetero) is 1. The predicted molar refractivity (Wildman–Crippen MR) is 311 cm³/mol. The van der Waals surface area contributed by atoms with Crippen molar-refractivity contribution in [3.63, 3.8) is 0 Å². The Balaban J connectivity index is 0.577. The number of rotatable bonds is 28. The van der Waals surface area contributed by atoms with Crippen LogP contribution in [0.25, 0.3) is 0 Å². The number of amides is 3. The van der Waals surface area contributed by atoms with E-state index in [0.29, 0.717) is 108 Å². The van der Waals surface area contributed by atoms with E-state index in [0.717, 1.165) is 103 Å². The minimum atomic E-state index is -0.446. The molecule has 15 nitrogen and oxygen atoms in total. The van der Waals surface area contributed by atoms with Crippen LogP contribution in [0.3, 0.4) is 0 Å². The number of aryl methyl sites for hydroxylation is 2. The van der Waals surface area contributed by atoms with Gasteiger partial charge in [0.1, 0.15) is 5.75 Å². The Labute approximate surface area is 478 Å². The van der Waals surface area contributed by atoms with Gasteiger partial charge < -0.3 is 38.2 Å². The van der Waals surface area contributed by atoms with Crippen LogP contribution in [0.15, 0.2) is 78.9 Å². The molecule has 5 aliphatic rings. The molecule has 16 heteroatoms. The van der Waals surface area contributed by atoms with Crippen molar-refractivity contribution in [3.8, 4) is 5.75 Å². The third kappa shape index (κ3) is 15.6. The second kappa shape index (κ2) is 29.1. The normalized spacial score (nSPS) is 21.7.